The molecular formula is C20H29N5O2. The highest BCUT2D eigenvalue weighted by molar-refractivity contribution is 5.96. The first-order chi connectivity index (χ1) is 12.7. The number of nitrogen functional groups attached to an aromatic ring is 1. The Morgan fingerprint density at radius 3 is 2.70 bits per heavy atom. The van der Waals surface area contributed by atoms with E-state index in [0.29, 0.717) is 12.5 Å². The smallest absolute Gasteiger partial charge is 0.407 e. The Balaban J connectivity index is 1.55. The molecule has 2 fully saturated rings. The SMILES string of the molecule is Cn1c(C2CC2)nc2c(N3CC[C@H](NC(=O)OC(C)(C)C)C3)c(N)ccc21. The molecule has 1 aliphatic carbocycles. The van der Waals surface area contributed by atoms with E-state index in [1.54, 1.807) is 0 Å². The van der Waals surface area contributed by atoms with Crippen LogP contribution in [0.5, 0.6) is 0 Å². The molecule has 0 spiro atoms. The van der Waals surface area contributed by atoms with Crippen LogP contribution >= 0.6 is 0 Å². The number of hydrogen-bond acceptors (Lipinski definition) is 5. The summed E-state index contributed by atoms with van der Waals surface area (Å²) in [6, 6.07) is 4.06. The van der Waals surface area contributed by atoms with Crippen molar-refractivity contribution in [2.24, 2.45) is 7.05 Å². The van der Waals surface area contributed by atoms with Crippen molar-refractivity contribution < 1.29 is 9.53 Å². The monoisotopic (exact) mass is 371 g/mol. The zero-order valence-electron chi connectivity index (χ0n) is 16.6. The van der Waals surface area contributed by atoms with Crippen LogP contribution in [0.25, 0.3) is 11.0 Å². The van der Waals surface area contributed by atoms with Gasteiger partial charge in [0.2, 0.25) is 0 Å². The maximum Gasteiger partial charge on any atom is 0.407 e. The molecule has 1 saturated carbocycles. The van der Waals surface area contributed by atoms with Crippen LogP contribution in [0.15, 0.2) is 12.1 Å². The van der Waals surface area contributed by atoms with Gasteiger partial charge in [-0.2, -0.15) is 0 Å². The van der Waals surface area contributed by atoms with Crippen LogP contribution in [0.4, 0.5) is 16.2 Å². The molecule has 2 aliphatic rings. The second kappa shape index (κ2) is 6.32. The molecular weight excluding hydrogens is 342 g/mol. The Hall–Kier alpha value is -2.44. The van der Waals surface area contributed by atoms with E-state index in [9.17, 15) is 4.79 Å². The van der Waals surface area contributed by atoms with Crippen molar-refractivity contribution in [1.29, 1.82) is 0 Å². The van der Waals surface area contributed by atoms with E-state index in [1.165, 1.54) is 12.8 Å². The molecule has 2 aromatic rings. The molecule has 1 aromatic heterocycles. The number of ether oxygens (including phenoxy) is 1. The Kier molecular flexibility index (Phi) is 4.20. The second-order valence-electron chi connectivity index (χ2n) is 8.75. The quantitative estimate of drug-likeness (QED) is 0.810. The molecule has 27 heavy (non-hydrogen) atoms. The summed E-state index contributed by atoms with van der Waals surface area (Å²) >= 11 is 0. The molecule has 0 radical (unpaired) electrons. The van der Waals surface area contributed by atoms with E-state index >= 15 is 0 Å². The first-order valence-electron chi connectivity index (χ1n) is 9.72. The number of aryl methyl sites for hydroxylation is 1. The number of hydrogen-bond donors (Lipinski definition) is 2. The van der Waals surface area contributed by atoms with Crippen LogP contribution in [-0.4, -0.2) is 40.4 Å². The molecule has 0 bridgehead atoms. The minimum absolute atomic E-state index is 0.0427. The summed E-state index contributed by atoms with van der Waals surface area (Å²) in [6.07, 6.45) is 2.92. The summed E-state index contributed by atoms with van der Waals surface area (Å²) < 4.78 is 7.57. The maximum atomic E-state index is 12.1. The van der Waals surface area contributed by atoms with E-state index in [1.807, 2.05) is 26.8 Å². The molecule has 1 atom stereocenters. The first kappa shape index (κ1) is 17.9. The number of nitrogens with two attached hydrogens (primary N) is 1. The number of nitrogens with one attached hydrogen (secondary N) is 1. The van der Waals surface area contributed by atoms with E-state index in [2.05, 4.69) is 27.9 Å². The van der Waals surface area contributed by atoms with Crippen LogP contribution in [-0.2, 0) is 11.8 Å². The lowest BCUT2D eigenvalue weighted by atomic mass is 10.2. The van der Waals surface area contributed by atoms with Gasteiger partial charge in [-0.25, -0.2) is 9.78 Å². The van der Waals surface area contributed by atoms with Crippen molar-refractivity contribution in [1.82, 2.24) is 14.9 Å². The molecule has 146 valence electrons. The lowest BCUT2D eigenvalue weighted by Gasteiger charge is -2.23. The number of carbonyl (C=O) groups is 1. The summed E-state index contributed by atoms with van der Waals surface area (Å²) in [5.74, 6) is 1.73. The minimum Gasteiger partial charge on any atom is -0.444 e. The Bertz CT molecular complexity index is 879. The third kappa shape index (κ3) is 3.55. The van der Waals surface area contributed by atoms with Gasteiger partial charge in [0, 0.05) is 26.1 Å². The van der Waals surface area contributed by atoms with Gasteiger partial charge in [0.15, 0.2) is 0 Å². The lowest BCUT2D eigenvalue weighted by Crippen LogP contribution is -2.40. The number of alkyl carbamates (subject to hydrolysis) is 1. The maximum absolute atomic E-state index is 12.1. The number of anilines is 2. The summed E-state index contributed by atoms with van der Waals surface area (Å²) in [5.41, 5.74) is 9.66. The second-order valence-corrected chi connectivity index (χ2v) is 8.75. The number of carbonyl (C=O) groups excluding carboxylic acids is 1. The lowest BCUT2D eigenvalue weighted by molar-refractivity contribution is 0.0509. The van der Waals surface area contributed by atoms with Crippen LogP contribution in [0, 0.1) is 0 Å². The largest absolute Gasteiger partial charge is 0.444 e. The number of fused-ring (bicyclic) bond motifs is 1. The zero-order valence-corrected chi connectivity index (χ0v) is 16.6. The molecule has 7 heteroatoms. The highest BCUT2D eigenvalue weighted by Gasteiger charge is 2.32. The number of imidazole rings is 1. The van der Waals surface area contributed by atoms with Gasteiger partial charge < -0.3 is 25.3 Å². The van der Waals surface area contributed by atoms with Crippen molar-refractivity contribution >= 4 is 28.5 Å². The van der Waals surface area contributed by atoms with Crippen LogP contribution in [0.2, 0.25) is 0 Å². The average molecular weight is 371 g/mol. The zero-order chi connectivity index (χ0) is 19.3. The highest BCUT2D eigenvalue weighted by Crippen LogP contribution is 2.42. The third-order valence-corrected chi connectivity index (χ3v) is 5.26. The molecule has 1 aliphatic heterocycles. The molecule has 3 N–H and O–H groups in total. The molecule has 1 aromatic carbocycles. The van der Waals surface area contributed by atoms with E-state index in [-0.39, 0.29) is 12.1 Å². The standard InChI is InChI=1S/C20H29N5O2/c1-20(2,3)27-19(26)22-13-9-10-25(11-13)17-14(21)7-8-15-16(17)23-18(24(15)4)12-5-6-12/h7-8,12-13H,5-6,9-11,21H2,1-4H3,(H,22,26)/t13-/m0/s1. The number of nitrogens with zero attached hydrogens (tertiary/aromatic N) is 3. The van der Waals surface area contributed by atoms with Gasteiger partial charge in [0.1, 0.15) is 16.9 Å². The molecule has 7 nitrogen and oxygen atoms in total. The normalized spacial score (nSPS) is 20.3. The van der Waals surface area contributed by atoms with Crippen LogP contribution in [0.1, 0.15) is 51.8 Å². The average Bonchev–Trinajstić information content (AvgIpc) is 3.21. The van der Waals surface area contributed by atoms with Gasteiger partial charge in [-0.1, -0.05) is 0 Å². The summed E-state index contributed by atoms with van der Waals surface area (Å²) in [6.45, 7) is 7.14. The number of benzene rings is 1. The number of amides is 1. The van der Waals surface area contributed by atoms with Gasteiger partial charge in [-0.3, -0.25) is 0 Å². The van der Waals surface area contributed by atoms with Crippen molar-refractivity contribution in [2.75, 3.05) is 23.7 Å². The van der Waals surface area contributed by atoms with Gasteiger partial charge in [-0.15, -0.1) is 0 Å². The van der Waals surface area contributed by atoms with Gasteiger partial charge in [-0.05, 0) is 52.2 Å². The molecule has 1 saturated heterocycles. The highest BCUT2D eigenvalue weighted by atomic mass is 16.6. The number of rotatable bonds is 3. The molecule has 4 rings (SSSR count). The summed E-state index contributed by atoms with van der Waals surface area (Å²) in [7, 11) is 2.08. The summed E-state index contributed by atoms with van der Waals surface area (Å²) in [4.78, 5) is 19.3. The van der Waals surface area contributed by atoms with Gasteiger partial charge >= 0.3 is 6.09 Å². The fraction of sp³-hybridized carbons (Fsp3) is 0.600. The molecule has 0 unspecified atom stereocenters. The summed E-state index contributed by atoms with van der Waals surface area (Å²) in [5, 5.41) is 2.98. The predicted octanol–water partition coefficient (Wildman–Crippen LogP) is 3.14. The van der Waals surface area contributed by atoms with Crippen molar-refractivity contribution in [2.45, 2.75) is 57.6 Å². The molecule has 2 heterocycles. The minimum atomic E-state index is -0.494. The fourth-order valence-corrected chi connectivity index (χ4v) is 3.87. The Morgan fingerprint density at radius 1 is 1.30 bits per heavy atom. The van der Waals surface area contributed by atoms with Gasteiger partial charge in [0.05, 0.1) is 22.9 Å². The fourth-order valence-electron chi connectivity index (χ4n) is 3.87. The first-order valence-corrected chi connectivity index (χ1v) is 9.72. The Morgan fingerprint density at radius 2 is 2.04 bits per heavy atom. The van der Waals surface area contributed by atoms with E-state index in [0.717, 1.165) is 41.2 Å². The van der Waals surface area contributed by atoms with Crippen molar-refractivity contribution in [3.8, 4) is 0 Å². The molecule has 1 amide bonds. The number of aromatic nitrogens is 2. The van der Waals surface area contributed by atoms with Crippen LogP contribution in [0.3, 0.4) is 0 Å². The van der Waals surface area contributed by atoms with Gasteiger partial charge in [0.25, 0.3) is 0 Å². The topological polar surface area (TPSA) is 85.4 Å². The van der Waals surface area contributed by atoms with E-state index < -0.39 is 5.60 Å². The predicted molar refractivity (Wildman–Crippen MR) is 107 cm³/mol. The third-order valence-electron chi connectivity index (χ3n) is 5.26. The Labute approximate surface area is 159 Å². The van der Waals surface area contributed by atoms with Crippen molar-refractivity contribution in [3.05, 3.63) is 18.0 Å². The van der Waals surface area contributed by atoms with Crippen molar-refractivity contribution in [3.63, 3.8) is 0 Å². The van der Waals surface area contributed by atoms with E-state index in [4.69, 9.17) is 15.5 Å². The van der Waals surface area contributed by atoms with Crippen LogP contribution < -0.4 is 16.0 Å².